The number of sulfonamides is 1. The van der Waals surface area contributed by atoms with E-state index in [9.17, 15) is 61.1 Å². The van der Waals surface area contributed by atoms with Gasteiger partial charge < -0.3 is 37.7 Å². The van der Waals surface area contributed by atoms with Crippen molar-refractivity contribution in [3.63, 3.8) is 0 Å². The van der Waals surface area contributed by atoms with Crippen LogP contribution in [0, 0.1) is 40.9 Å². The van der Waals surface area contributed by atoms with Crippen molar-refractivity contribution < 1.29 is 94.1 Å². The number of phenols is 1. The molecule has 25 heteroatoms. The molecule has 14 rings (SSSR count). The van der Waals surface area contributed by atoms with Crippen LogP contribution < -0.4 is 18.4 Å². The fourth-order valence-electron chi connectivity index (χ4n) is 17.7. The average molecular weight is 1830 g/mol. The van der Waals surface area contributed by atoms with Crippen LogP contribution in [0.15, 0.2) is 227 Å². The maximum atomic E-state index is 13.9. The Morgan fingerprint density at radius 2 is 0.850 bits per heavy atom. The van der Waals surface area contributed by atoms with Gasteiger partial charge in [0.2, 0.25) is 12.6 Å². The van der Waals surface area contributed by atoms with Gasteiger partial charge in [-0.25, -0.2) is 8.42 Å². The second-order valence-corrected chi connectivity index (χ2v) is 40.6. The Morgan fingerprint density at radius 1 is 0.457 bits per heavy atom. The number of ether oxygens (including phenoxy) is 5. The summed E-state index contributed by atoms with van der Waals surface area (Å²) < 4.78 is 198. The molecule has 12 atom stereocenters. The van der Waals surface area contributed by atoms with E-state index in [2.05, 4.69) is 213 Å². The molecule has 0 heterocycles. The summed E-state index contributed by atoms with van der Waals surface area (Å²) in [6.45, 7) is 27.1. The molecule has 6 saturated carbocycles. The topological polar surface area (TPSA) is 175 Å². The first-order valence-electron chi connectivity index (χ1n) is 45.2. The van der Waals surface area contributed by atoms with Gasteiger partial charge in [-0.2, -0.15) is 47.9 Å². The fourth-order valence-corrected chi connectivity index (χ4v) is 21.6. The molecule has 6 aliphatic rings. The van der Waals surface area contributed by atoms with Crippen molar-refractivity contribution in [2.45, 2.75) is 310 Å². The molecule has 0 aliphatic heterocycles. The summed E-state index contributed by atoms with van der Waals surface area (Å²) >= 11 is 0. The van der Waals surface area contributed by atoms with Gasteiger partial charge in [-0.3, -0.25) is 4.79 Å². The van der Waals surface area contributed by atoms with Crippen LogP contribution in [-0.4, -0.2) is 75.4 Å². The van der Waals surface area contributed by atoms with E-state index in [-0.39, 0.29) is 40.8 Å². The first-order valence-corrected chi connectivity index (χ1v) is 49.3. The molecule has 8 aromatic rings. The predicted octanol–water partition coefficient (Wildman–Crippen LogP) is 29.0. The molecule has 1 N–H and O–H groups in total. The van der Waals surface area contributed by atoms with E-state index >= 15 is 0 Å². The van der Waals surface area contributed by atoms with Gasteiger partial charge in [0.15, 0.2) is 24.7 Å². The van der Waals surface area contributed by atoms with E-state index < -0.39 is 48.6 Å². The van der Waals surface area contributed by atoms with Crippen molar-refractivity contribution in [1.82, 2.24) is 0 Å². The summed E-state index contributed by atoms with van der Waals surface area (Å²) in [6, 6.07) is 68.5. The minimum Gasteiger partial charge on any atom is -0.508 e. The Labute approximate surface area is 751 Å². The molecule has 8 aromatic carbocycles. The number of phenolic OH excluding ortho intramolecular Hbond substituents is 1. The third kappa shape index (κ3) is 27.5. The molecular weight excluding hydrogens is 1700 g/mol. The van der Waals surface area contributed by atoms with Crippen LogP contribution in [-0.2, 0) is 45.3 Å². The summed E-state index contributed by atoms with van der Waals surface area (Å²) in [5, 5.41) is -5.26. The van der Waals surface area contributed by atoms with Crippen LogP contribution in [0.4, 0.5) is 39.5 Å². The zero-order valence-electron chi connectivity index (χ0n) is 75.5. The number of benzene rings is 8. The molecule has 0 amide bonds. The SMILES string of the molecule is CCC(C)c1ccc(O)cc1.CCC(C)c1ccc(OC(C)=O)cc1.CCC(C)c1ccc(OC(OC2CC3CC2C2CCCC32)C(C)C)cc1.CCC(C)c1ccc(OC(OC2CCCCC2)C23CCC(CC2)C3)cc1.CCC(C)c1ccc(OS(=O)(=O)C(F)(F)C(F)(F)C(F)(F)S(=O)(=O)[N-]C(F)(F)F)cc1.c1ccc([S+](c2ccccc2)c2ccccc2)cc1. The minimum atomic E-state index is -7.69. The minimum absolute atomic E-state index is 0.0146. The Kier molecular flexibility index (Phi) is 37.7. The third-order valence-corrected chi connectivity index (χ3v) is 31.1. The summed E-state index contributed by atoms with van der Waals surface area (Å²) in [5.41, 5.74) is 6.19. The Balaban J connectivity index is 0.000000177. The van der Waals surface area contributed by atoms with Gasteiger partial charge in [0.1, 0.15) is 28.7 Å². The van der Waals surface area contributed by atoms with Gasteiger partial charge in [-0.15, -0.1) is 0 Å². The molecule has 0 saturated heterocycles. The standard InChI is InChI=1S/2C24H36O2.C18H15S.C14H13F9NO5S2.C12H16O2.C10H14O/c1-5-16(4)17-9-11-19(12-10-17)25-24(15(2)3)26-23-14-18-13-22(23)21-8-6-7-20(18)21;1-3-18(2)20-9-11-22(12-10-20)26-23(25-21-7-5-4-6-8-21)24-15-13-19(17-24)14-16-24;1-4-10-16(11-5-1)19(17-12-6-2-7-13-17)18-14-8-3-9-15-18;1-3-8(2)9-4-6-10(7-5-9)29-31(27,28)13(19,20)11(15,16)12(17,18)30(25,26)24-14(21,22)23;1-4-9(2)11-5-7-12(8-6-11)14-10(3)13;1-3-8(2)9-4-6-10(11)7-5-9/h9-12,15-16,18,20-24H,5-8,13-14H2,1-4H3;9-12,18-19,21,23H,3-8,13-17H2,1-2H3;1-15H;4-8H,3H2,1-2H3;5-9H,4H2,1-3H3;4-8,11H,3H2,1-2H3/q;;+1;-1;;. The van der Waals surface area contributed by atoms with Crippen LogP contribution in [0.25, 0.3) is 4.72 Å². The highest BCUT2D eigenvalue weighted by Crippen LogP contribution is 2.61. The van der Waals surface area contributed by atoms with Crippen molar-refractivity contribution in [2.75, 3.05) is 0 Å². The molecular formula is C102H130F9NO12S3. The van der Waals surface area contributed by atoms with E-state index in [4.69, 9.17) is 28.8 Å². The quantitative estimate of drug-likeness (QED) is 0.00829. The van der Waals surface area contributed by atoms with E-state index in [1.807, 2.05) is 36.4 Å². The zero-order valence-corrected chi connectivity index (χ0v) is 78.0. The number of fused-ring (bicyclic) bond motifs is 7. The van der Waals surface area contributed by atoms with Gasteiger partial charge in [0.05, 0.1) is 23.1 Å². The second kappa shape index (κ2) is 46.6. The van der Waals surface area contributed by atoms with Crippen LogP contribution in [0.3, 0.4) is 0 Å². The molecule has 4 bridgehead atoms. The molecule has 13 nitrogen and oxygen atoms in total. The maximum Gasteiger partial charge on any atom is 0.450 e. The number of hydrogen-bond acceptors (Lipinski definition) is 12. The number of esters is 1. The summed E-state index contributed by atoms with van der Waals surface area (Å²) in [4.78, 5) is 14.7. The highest BCUT2D eigenvalue weighted by atomic mass is 32.2. The Bertz CT molecular complexity index is 4740. The molecule has 12 unspecified atom stereocenters. The molecule has 127 heavy (non-hydrogen) atoms. The third-order valence-electron chi connectivity index (χ3n) is 26.2. The summed E-state index contributed by atoms with van der Waals surface area (Å²) in [5.74, 6) is 1.41. The lowest BCUT2D eigenvalue weighted by molar-refractivity contribution is -0.245. The zero-order chi connectivity index (χ0) is 92.7. The van der Waals surface area contributed by atoms with Gasteiger partial charge in [0, 0.05) is 18.3 Å². The van der Waals surface area contributed by atoms with E-state index in [0.717, 1.165) is 78.2 Å². The van der Waals surface area contributed by atoms with E-state index in [0.29, 0.717) is 70.0 Å². The molecule has 0 spiro atoms. The molecule has 0 aromatic heterocycles. The molecule has 6 fully saturated rings. The van der Waals surface area contributed by atoms with Crippen LogP contribution in [0.1, 0.15) is 276 Å². The van der Waals surface area contributed by atoms with Crippen LogP contribution in [0.5, 0.6) is 28.7 Å². The van der Waals surface area contributed by atoms with Gasteiger partial charge in [-0.05, 0) is 287 Å². The monoisotopic (exact) mass is 1830 g/mol. The van der Waals surface area contributed by atoms with Crippen molar-refractivity contribution in [3.05, 3.63) is 245 Å². The number of halogens is 9. The highest BCUT2D eigenvalue weighted by molar-refractivity contribution is 7.97. The maximum absolute atomic E-state index is 13.9. The molecule has 696 valence electrons. The lowest BCUT2D eigenvalue weighted by Gasteiger charge is -2.38. The number of carbonyl (C=O) groups is 1. The van der Waals surface area contributed by atoms with Crippen molar-refractivity contribution in [3.8, 4) is 28.7 Å². The summed E-state index contributed by atoms with van der Waals surface area (Å²) in [6.07, 6.45) is 19.6. The normalized spacial score (nSPS) is 21.4. The van der Waals surface area contributed by atoms with Crippen molar-refractivity contribution >= 4 is 37.0 Å². The molecule has 6 aliphatic carbocycles. The fraction of sp³-hybridized carbons (Fsp3) is 0.520. The van der Waals surface area contributed by atoms with Gasteiger partial charge in [-0.1, -0.05) is 224 Å². The largest absolute Gasteiger partial charge is 0.508 e. The van der Waals surface area contributed by atoms with Crippen LogP contribution in [0.2, 0.25) is 0 Å². The van der Waals surface area contributed by atoms with Crippen molar-refractivity contribution in [1.29, 1.82) is 0 Å². The first kappa shape index (κ1) is 103. The number of hydrogen-bond donors (Lipinski definition) is 1. The van der Waals surface area contributed by atoms with E-state index in [1.54, 1.807) is 26.0 Å². The number of aromatic hydroxyl groups is 1. The average Bonchev–Trinajstić information content (AvgIpc) is 1.57. The Morgan fingerprint density at radius 3 is 1.24 bits per heavy atom. The molecule has 0 radical (unpaired) electrons. The van der Waals surface area contributed by atoms with Gasteiger partial charge in [0.25, 0.3) is 0 Å². The van der Waals surface area contributed by atoms with Crippen molar-refractivity contribution in [2.24, 2.45) is 40.9 Å². The Hall–Kier alpha value is -8.07. The number of rotatable bonds is 31. The van der Waals surface area contributed by atoms with Gasteiger partial charge >= 0.3 is 38.8 Å². The number of carbonyl (C=O) groups excluding carboxylic acids is 1. The predicted molar refractivity (Wildman–Crippen MR) is 485 cm³/mol. The lowest BCUT2D eigenvalue weighted by atomic mass is 9.80. The second-order valence-electron chi connectivity index (χ2n) is 35.3. The highest BCUT2D eigenvalue weighted by Gasteiger charge is 2.81. The van der Waals surface area contributed by atoms with E-state index in [1.165, 1.54) is 153 Å². The lowest BCUT2D eigenvalue weighted by Crippen LogP contribution is -2.61. The summed E-state index contributed by atoms with van der Waals surface area (Å²) in [7, 11) is -14.8. The number of nitrogens with zero attached hydrogens (tertiary/aromatic N) is 1. The first-order chi connectivity index (χ1) is 60.2. The number of alkyl halides is 9. The van der Waals surface area contributed by atoms with Crippen LogP contribution >= 0.6 is 0 Å². The smallest absolute Gasteiger partial charge is 0.450 e.